The van der Waals surface area contributed by atoms with Crippen LogP contribution in [-0.4, -0.2) is 47.0 Å². The predicted octanol–water partition coefficient (Wildman–Crippen LogP) is 1.37. The number of carbonyl (C=O) groups excluding carboxylic acids is 1. The van der Waals surface area contributed by atoms with Gasteiger partial charge in [0.1, 0.15) is 5.69 Å². The van der Waals surface area contributed by atoms with E-state index in [1.807, 2.05) is 0 Å². The zero-order valence-corrected chi connectivity index (χ0v) is 13.1. The third kappa shape index (κ3) is 3.33. The van der Waals surface area contributed by atoms with Gasteiger partial charge in [0.15, 0.2) is 5.13 Å². The lowest BCUT2D eigenvalue weighted by Gasteiger charge is -2.32. The van der Waals surface area contributed by atoms with Gasteiger partial charge in [0.25, 0.3) is 5.91 Å². The first kappa shape index (κ1) is 14.7. The Hall–Kier alpha value is -2.22. The molecule has 0 radical (unpaired) electrons. The van der Waals surface area contributed by atoms with Crippen LogP contribution in [0.2, 0.25) is 0 Å². The van der Waals surface area contributed by atoms with Gasteiger partial charge in [-0.2, -0.15) is 0 Å². The van der Waals surface area contributed by atoms with Crippen molar-refractivity contribution in [3.8, 4) is 0 Å². The molecule has 2 aromatic heterocycles. The molecule has 0 aliphatic carbocycles. The second-order valence-electron chi connectivity index (χ2n) is 5.10. The molecule has 1 amide bonds. The van der Waals surface area contributed by atoms with Gasteiger partial charge >= 0.3 is 0 Å². The van der Waals surface area contributed by atoms with Gasteiger partial charge in [-0.05, 0) is 18.9 Å². The molecule has 22 heavy (non-hydrogen) atoms. The Kier molecular flexibility index (Phi) is 4.47. The number of anilines is 2. The monoisotopic (exact) mass is 318 g/mol. The minimum atomic E-state index is -0.126. The van der Waals surface area contributed by atoms with Crippen LogP contribution in [0.4, 0.5) is 11.1 Å². The molecular weight excluding hydrogens is 300 g/mol. The first-order chi connectivity index (χ1) is 10.8. The molecule has 1 aliphatic heterocycles. The van der Waals surface area contributed by atoms with E-state index in [0.717, 1.165) is 31.1 Å². The summed E-state index contributed by atoms with van der Waals surface area (Å²) in [5, 5.41) is 8.50. The van der Waals surface area contributed by atoms with Crippen LogP contribution in [0, 0.1) is 0 Å². The number of nitrogens with one attached hydrogen (secondary N) is 2. The molecular formula is C14H18N6OS. The molecule has 0 spiro atoms. The van der Waals surface area contributed by atoms with E-state index in [-0.39, 0.29) is 11.9 Å². The first-order valence-electron chi connectivity index (χ1n) is 7.22. The van der Waals surface area contributed by atoms with Crippen molar-refractivity contribution in [1.82, 2.24) is 20.3 Å². The van der Waals surface area contributed by atoms with E-state index >= 15 is 0 Å². The molecule has 0 unspecified atom stereocenters. The fraction of sp³-hybridized carbons (Fsp3) is 0.429. The lowest BCUT2D eigenvalue weighted by atomic mass is 10.1. The van der Waals surface area contributed by atoms with Gasteiger partial charge in [-0.1, -0.05) is 0 Å². The van der Waals surface area contributed by atoms with Gasteiger partial charge < -0.3 is 15.5 Å². The number of hydrogen-bond donors (Lipinski definition) is 2. The minimum absolute atomic E-state index is 0.0878. The number of aromatic nitrogens is 3. The number of thiazole rings is 1. The zero-order valence-electron chi connectivity index (χ0n) is 12.3. The number of rotatable bonds is 4. The van der Waals surface area contributed by atoms with Gasteiger partial charge in [-0.25, -0.2) is 15.0 Å². The maximum atomic E-state index is 12.2. The van der Waals surface area contributed by atoms with Gasteiger partial charge in [0, 0.05) is 44.0 Å². The summed E-state index contributed by atoms with van der Waals surface area (Å²) in [7, 11) is 1.79. The molecule has 1 aliphatic rings. The number of carbonyl (C=O) groups is 1. The molecule has 2 aromatic rings. The Balaban J connectivity index is 1.61. The largest absolute Gasteiger partial charge is 0.365 e. The van der Waals surface area contributed by atoms with Gasteiger partial charge in [-0.3, -0.25) is 4.79 Å². The number of nitrogens with zero attached hydrogens (tertiary/aromatic N) is 4. The van der Waals surface area contributed by atoms with Gasteiger partial charge in [0.05, 0.1) is 0 Å². The number of amides is 1. The van der Waals surface area contributed by atoms with Crippen LogP contribution in [0.25, 0.3) is 0 Å². The summed E-state index contributed by atoms with van der Waals surface area (Å²) in [6.07, 6.45) is 5.43. The Bertz CT molecular complexity index is 631. The van der Waals surface area contributed by atoms with Crippen molar-refractivity contribution in [3.05, 3.63) is 29.5 Å². The van der Waals surface area contributed by atoms with Crippen molar-refractivity contribution in [2.45, 2.75) is 18.9 Å². The van der Waals surface area contributed by atoms with E-state index in [1.165, 1.54) is 11.3 Å². The summed E-state index contributed by atoms with van der Waals surface area (Å²) >= 11 is 1.42. The zero-order chi connectivity index (χ0) is 15.4. The van der Waals surface area contributed by atoms with Crippen molar-refractivity contribution in [2.75, 3.05) is 30.4 Å². The van der Waals surface area contributed by atoms with Crippen LogP contribution in [0.15, 0.2) is 23.8 Å². The lowest BCUT2D eigenvalue weighted by Crippen LogP contribution is -2.48. The maximum absolute atomic E-state index is 12.2. The van der Waals surface area contributed by atoms with Crippen LogP contribution >= 0.6 is 11.3 Å². The molecule has 8 heteroatoms. The van der Waals surface area contributed by atoms with Crippen LogP contribution in [0.3, 0.4) is 0 Å². The molecule has 0 saturated carbocycles. The normalized spacial score (nSPS) is 18.0. The minimum Gasteiger partial charge on any atom is -0.365 e. The quantitative estimate of drug-likeness (QED) is 0.886. The molecule has 2 N–H and O–H groups in total. The van der Waals surface area contributed by atoms with E-state index in [4.69, 9.17) is 0 Å². The second kappa shape index (κ2) is 6.69. The lowest BCUT2D eigenvalue weighted by molar-refractivity contribution is 0.0929. The summed E-state index contributed by atoms with van der Waals surface area (Å²) in [6, 6.07) is 1.89. The molecule has 116 valence electrons. The van der Waals surface area contributed by atoms with Crippen molar-refractivity contribution in [1.29, 1.82) is 0 Å². The average molecular weight is 318 g/mol. The second-order valence-corrected chi connectivity index (χ2v) is 5.95. The summed E-state index contributed by atoms with van der Waals surface area (Å²) in [4.78, 5) is 27.1. The number of piperidine rings is 1. The summed E-state index contributed by atoms with van der Waals surface area (Å²) in [6.45, 7) is 1.63. The maximum Gasteiger partial charge on any atom is 0.271 e. The van der Waals surface area contributed by atoms with Gasteiger partial charge in [0.2, 0.25) is 5.95 Å². The number of hydrogen-bond acceptors (Lipinski definition) is 7. The summed E-state index contributed by atoms with van der Waals surface area (Å²) in [5.74, 6) is 0.589. The Morgan fingerprint density at radius 3 is 2.95 bits per heavy atom. The standard InChI is InChI=1S/C14H18N6OS/c1-15-14-19-11(9-22-14)12(21)18-10-4-2-7-20(8-10)13-16-5-3-6-17-13/h3,5-6,9-10H,2,4,7-8H2,1H3,(H,15,19)(H,18,21)/t10-/m1/s1. The molecule has 0 bridgehead atoms. The smallest absolute Gasteiger partial charge is 0.271 e. The highest BCUT2D eigenvalue weighted by Crippen LogP contribution is 2.17. The van der Waals surface area contributed by atoms with E-state index in [9.17, 15) is 4.79 Å². The van der Waals surface area contributed by atoms with E-state index in [1.54, 1.807) is 30.9 Å². The van der Waals surface area contributed by atoms with E-state index < -0.39 is 0 Å². The third-order valence-electron chi connectivity index (χ3n) is 3.54. The molecule has 0 aromatic carbocycles. The van der Waals surface area contributed by atoms with Crippen molar-refractivity contribution in [3.63, 3.8) is 0 Å². The summed E-state index contributed by atoms with van der Waals surface area (Å²) < 4.78 is 0. The van der Waals surface area contributed by atoms with Crippen molar-refractivity contribution < 1.29 is 4.79 Å². The Morgan fingerprint density at radius 1 is 1.41 bits per heavy atom. The molecule has 3 heterocycles. The van der Waals surface area contributed by atoms with Crippen LogP contribution in [-0.2, 0) is 0 Å². The topological polar surface area (TPSA) is 83.0 Å². The Morgan fingerprint density at radius 2 is 2.23 bits per heavy atom. The SMILES string of the molecule is CNc1nc(C(=O)N[C@@H]2CCCN(c3ncccn3)C2)cs1. The predicted molar refractivity (Wildman–Crippen MR) is 86.4 cm³/mol. The van der Waals surface area contributed by atoms with Crippen molar-refractivity contribution >= 4 is 28.3 Å². The highest BCUT2D eigenvalue weighted by molar-refractivity contribution is 7.13. The molecule has 1 fully saturated rings. The fourth-order valence-corrected chi connectivity index (χ4v) is 3.14. The molecule has 7 nitrogen and oxygen atoms in total. The molecule has 1 atom stereocenters. The van der Waals surface area contributed by atoms with Crippen LogP contribution < -0.4 is 15.5 Å². The van der Waals surface area contributed by atoms with E-state index in [2.05, 4.69) is 30.5 Å². The average Bonchev–Trinajstić information content (AvgIpc) is 3.05. The third-order valence-corrected chi connectivity index (χ3v) is 4.40. The van der Waals surface area contributed by atoms with Crippen LogP contribution in [0.1, 0.15) is 23.3 Å². The van der Waals surface area contributed by atoms with E-state index in [0.29, 0.717) is 11.6 Å². The first-order valence-corrected chi connectivity index (χ1v) is 8.10. The Labute approximate surface area is 132 Å². The highest BCUT2D eigenvalue weighted by atomic mass is 32.1. The summed E-state index contributed by atoms with van der Waals surface area (Å²) in [5.41, 5.74) is 0.461. The highest BCUT2D eigenvalue weighted by Gasteiger charge is 2.24. The van der Waals surface area contributed by atoms with Crippen LogP contribution in [0.5, 0.6) is 0 Å². The molecule has 1 saturated heterocycles. The fourth-order valence-electron chi connectivity index (χ4n) is 2.48. The van der Waals surface area contributed by atoms with Crippen molar-refractivity contribution in [2.24, 2.45) is 0 Å². The van der Waals surface area contributed by atoms with Gasteiger partial charge in [-0.15, -0.1) is 11.3 Å². The molecule has 3 rings (SSSR count).